The summed E-state index contributed by atoms with van der Waals surface area (Å²) in [6.07, 6.45) is 3.31. The Balaban J connectivity index is 2.03. The number of carbonyl (C=O) groups excluding carboxylic acids is 1. The van der Waals surface area contributed by atoms with Crippen molar-refractivity contribution in [3.05, 3.63) is 23.8 Å². The highest BCUT2D eigenvalue weighted by Gasteiger charge is 2.16. The molecule has 1 aromatic rings. The summed E-state index contributed by atoms with van der Waals surface area (Å²) in [4.78, 5) is 11.3. The zero-order valence-corrected chi connectivity index (χ0v) is 10.2. The molecule has 0 radical (unpaired) electrons. The molecule has 1 aliphatic rings. The molecule has 0 aliphatic carbocycles. The number of hydrogen-bond donors (Lipinski definition) is 2. The first kappa shape index (κ1) is 12.7. The predicted molar refractivity (Wildman–Crippen MR) is 68.5 cm³/mol. The second kappa shape index (κ2) is 5.73. The molecule has 1 aliphatic heterocycles. The number of primary amides is 1. The van der Waals surface area contributed by atoms with Crippen molar-refractivity contribution in [2.24, 2.45) is 5.73 Å². The van der Waals surface area contributed by atoms with E-state index in [1.807, 2.05) is 0 Å². The fraction of sp³-hybridized carbons (Fsp3) is 0.462. The Bertz CT molecular complexity index is 428. The highest BCUT2D eigenvalue weighted by atomic mass is 16.5. The average molecular weight is 250 g/mol. The van der Waals surface area contributed by atoms with Crippen molar-refractivity contribution < 1.29 is 14.3 Å². The van der Waals surface area contributed by atoms with Crippen LogP contribution in [0.4, 0.5) is 5.69 Å². The van der Waals surface area contributed by atoms with Gasteiger partial charge >= 0.3 is 0 Å². The first-order chi connectivity index (χ1) is 8.66. The predicted octanol–water partition coefficient (Wildman–Crippen LogP) is 1.32. The zero-order chi connectivity index (χ0) is 13.0. The molecule has 0 spiro atoms. The first-order valence-corrected chi connectivity index (χ1v) is 6.10. The smallest absolute Gasteiger partial charge is 0.252 e. The molecule has 0 aromatic heterocycles. The van der Waals surface area contributed by atoms with Crippen molar-refractivity contribution in [3.8, 4) is 5.75 Å². The molecular weight excluding hydrogens is 232 g/mol. The summed E-state index contributed by atoms with van der Waals surface area (Å²) >= 11 is 0. The molecule has 1 amide bonds. The summed E-state index contributed by atoms with van der Waals surface area (Å²) in [7, 11) is 0. The minimum absolute atomic E-state index is 0.0842. The summed E-state index contributed by atoms with van der Waals surface area (Å²) in [5, 5.41) is 0. The molecule has 1 saturated heterocycles. The number of hydrogen-bond acceptors (Lipinski definition) is 4. The van der Waals surface area contributed by atoms with Gasteiger partial charge in [-0.05, 0) is 31.4 Å². The number of anilines is 1. The van der Waals surface area contributed by atoms with Crippen LogP contribution in [0.2, 0.25) is 0 Å². The van der Waals surface area contributed by atoms with Crippen LogP contribution in [0.15, 0.2) is 18.2 Å². The number of ether oxygens (including phenoxy) is 2. The number of amides is 1. The Morgan fingerprint density at radius 3 is 2.94 bits per heavy atom. The van der Waals surface area contributed by atoms with E-state index >= 15 is 0 Å². The van der Waals surface area contributed by atoms with Gasteiger partial charge in [-0.1, -0.05) is 0 Å². The Kier molecular flexibility index (Phi) is 4.04. The highest BCUT2D eigenvalue weighted by molar-refractivity contribution is 5.96. The van der Waals surface area contributed by atoms with Gasteiger partial charge in [-0.15, -0.1) is 0 Å². The number of nitrogens with two attached hydrogens (primary N) is 2. The van der Waals surface area contributed by atoms with Gasteiger partial charge in [0, 0.05) is 18.4 Å². The Morgan fingerprint density at radius 1 is 1.44 bits per heavy atom. The molecule has 2 rings (SSSR count). The Labute approximate surface area is 106 Å². The standard InChI is InChI=1S/C13H18N2O3/c14-9-4-5-11(13(15)16)12(7-9)18-8-10-3-1-2-6-17-10/h4-5,7,10H,1-3,6,8,14H2,(H2,15,16). The molecule has 0 bridgehead atoms. The van der Waals surface area contributed by atoms with Crippen LogP contribution in [0, 0.1) is 0 Å². The van der Waals surface area contributed by atoms with Crippen molar-refractivity contribution in [1.29, 1.82) is 0 Å². The van der Waals surface area contributed by atoms with Crippen LogP contribution in [0.3, 0.4) is 0 Å². The minimum Gasteiger partial charge on any atom is -0.490 e. The van der Waals surface area contributed by atoms with Gasteiger partial charge in [-0.3, -0.25) is 4.79 Å². The fourth-order valence-electron chi connectivity index (χ4n) is 1.98. The lowest BCUT2D eigenvalue weighted by Crippen LogP contribution is -2.26. The average Bonchev–Trinajstić information content (AvgIpc) is 2.37. The van der Waals surface area contributed by atoms with E-state index in [0.29, 0.717) is 23.6 Å². The van der Waals surface area contributed by atoms with Gasteiger partial charge in [0.15, 0.2) is 0 Å². The molecule has 1 atom stereocenters. The maximum atomic E-state index is 11.3. The molecular formula is C13H18N2O3. The number of carbonyl (C=O) groups is 1. The van der Waals surface area contributed by atoms with E-state index in [-0.39, 0.29) is 6.10 Å². The molecule has 5 nitrogen and oxygen atoms in total. The van der Waals surface area contributed by atoms with E-state index in [1.54, 1.807) is 18.2 Å². The summed E-state index contributed by atoms with van der Waals surface area (Å²) in [6, 6.07) is 4.82. The molecule has 1 unspecified atom stereocenters. The maximum absolute atomic E-state index is 11.3. The number of rotatable bonds is 4. The van der Waals surface area contributed by atoms with E-state index in [4.69, 9.17) is 20.9 Å². The summed E-state index contributed by atoms with van der Waals surface area (Å²) in [6.45, 7) is 1.19. The largest absolute Gasteiger partial charge is 0.490 e. The molecule has 18 heavy (non-hydrogen) atoms. The van der Waals surface area contributed by atoms with Gasteiger partial charge in [0.25, 0.3) is 5.91 Å². The normalized spacial score (nSPS) is 19.4. The maximum Gasteiger partial charge on any atom is 0.252 e. The second-order valence-corrected chi connectivity index (χ2v) is 4.42. The van der Waals surface area contributed by atoms with Gasteiger partial charge in [0.05, 0.1) is 11.7 Å². The molecule has 98 valence electrons. The molecule has 4 N–H and O–H groups in total. The lowest BCUT2D eigenvalue weighted by atomic mass is 10.1. The topological polar surface area (TPSA) is 87.6 Å². The van der Waals surface area contributed by atoms with Gasteiger partial charge in [0.1, 0.15) is 12.4 Å². The van der Waals surface area contributed by atoms with Crippen molar-refractivity contribution in [3.63, 3.8) is 0 Å². The third-order valence-corrected chi connectivity index (χ3v) is 2.97. The molecule has 0 saturated carbocycles. The molecule has 1 heterocycles. The summed E-state index contributed by atoms with van der Waals surface area (Å²) < 4.78 is 11.2. The Hall–Kier alpha value is -1.75. The minimum atomic E-state index is -0.519. The summed E-state index contributed by atoms with van der Waals surface area (Å²) in [5.74, 6) is -0.0914. The van der Waals surface area contributed by atoms with E-state index in [1.165, 1.54) is 0 Å². The molecule has 1 aromatic carbocycles. The first-order valence-electron chi connectivity index (χ1n) is 6.10. The fourth-order valence-corrected chi connectivity index (χ4v) is 1.98. The number of nitrogen functional groups attached to an aromatic ring is 1. The van der Waals surface area contributed by atoms with Gasteiger partial charge in [-0.2, -0.15) is 0 Å². The van der Waals surface area contributed by atoms with E-state index < -0.39 is 5.91 Å². The van der Waals surface area contributed by atoms with Crippen LogP contribution in [0.25, 0.3) is 0 Å². The number of benzene rings is 1. The molecule has 1 fully saturated rings. The SMILES string of the molecule is NC(=O)c1ccc(N)cc1OCC1CCCCO1. The van der Waals surface area contributed by atoms with Crippen LogP contribution < -0.4 is 16.2 Å². The van der Waals surface area contributed by atoms with Crippen LogP contribution in [0.5, 0.6) is 5.75 Å². The van der Waals surface area contributed by atoms with Crippen molar-refractivity contribution in [2.75, 3.05) is 18.9 Å². The van der Waals surface area contributed by atoms with Crippen LogP contribution >= 0.6 is 0 Å². The third kappa shape index (κ3) is 3.13. The van der Waals surface area contributed by atoms with Crippen molar-refractivity contribution >= 4 is 11.6 Å². The van der Waals surface area contributed by atoms with Crippen LogP contribution in [0.1, 0.15) is 29.6 Å². The van der Waals surface area contributed by atoms with Crippen molar-refractivity contribution in [2.45, 2.75) is 25.4 Å². The van der Waals surface area contributed by atoms with Gasteiger partial charge < -0.3 is 20.9 Å². The van der Waals surface area contributed by atoms with E-state index in [9.17, 15) is 4.79 Å². The van der Waals surface area contributed by atoms with E-state index in [2.05, 4.69) is 0 Å². The van der Waals surface area contributed by atoms with Gasteiger partial charge in [-0.25, -0.2) is 0 Å². The quantitative estimate of drug-likeness (QED) is 0.789. The lowest BCUT2D eigenvalue weighted by molar-refractivity contribution is -0.0111. The lowest BCUT2D eigenvalue weighted by Gasteiger charge is -2.23. The van der Waals surface area contributed by atoms with Crippen molar-refractivity contribution in [1.82, 2.24) is 0 Å². The zero-order valence-electron chi connectivity index (χ0n) is 10.2. The summed E-state index contributed by atoms with van der Waals surface area (Å²) in [5.41, 5.74) is 11.8. The third-order valence-electron chi connectivity index (χ3n) is 2.97. The Morgan fingerprint density at radius 2 is 2.28 bits per heavy atom. The van der Waals surface area contributed by atoms with Crippen LogP contribution in [-0.4, -0.2) is 25.2 Å². The van der Waals surface area contributed by atoms with Crippen LogP contribution in [-0.2, 0) is 4.74 Å². The van der Waals surface area contributed by atoms with Gasteiger partial charge in [0.2, 0.25) is 0 Å². The highest BCUT2D eigenvalue weighted by Crippen LogP contribution is 2.23. The monoisotopic (exact) mass is 250 g/mol. The van der Waals surface area contributed by atoms with E-state index in [0.717, 1.165) is 25.9 Å². The second-order valence-electron chi connectivity index (χ2n) is 4.42. The molecule has 5 heteroatoms.